The molecule has 2 aromatic carbocycles. The van der Waals surface area contributed by atoms with Gasteiger partial charge in [0.05, 0.1) is 22.7 Å². The maximum Gasteiger partial charge on any atom is 0.251 e. The fourth-order valence-electron chi connectivity index (χ4n) is 3.20. The Morgan fingerprint density at radius 2 is 1.72 bits per heavy atom. The van der Waals surface area contributed by atoms with E-state index in [0.29, 0.717) is 31.6 Å². The number of amides is 1. The molecule has 0 saturated heterocycles. The lowest BCUT2D eigenvalue weighted by Gasteiger charge is -2.18. The van der Waals surface area contributed by atoms with Crippen molar-refractivity contribution in [1.82, 2.24) is 14.6 Å². The topological polar surface area (TPSA) is 88.6 Å². The third-order valence-electron chi connectivity index (χ3n) is 5.02. The molecule has 1 heterocycles. The smallest absolute Gasteiger partial charge is 0.251 e. The van der Waals surface area contributed by atoms with Crippen LogP contribution in [0.1, 0.15) is 29.2 Å². The molecule has 0 aliphatic carbocycles. The summed E-state index contributed by atoms with van der Waals surface area (Å²) in [5.74, 6) is 0.550. The number of rotatable bonds is 10. The minimum Gasteiger partial charge on any atom is -0.497 e. The lowest BCUT2D eigenvalue weighted by molar-refractivity contribution is 0.0954. The molecule has 1 N–H and O–H groups in total. The number of carbonyl (C=O) groups excluding carboxylic acids is 1. The monoisotopic (exact) mass is 473 g/mol. The van der Waals surface area contributed by atoms with E-state index in [1.165, 1.54) is 28.6 Å². The minimum atomic E-state index is -3.53. The van der Waals surface area contributed by atoms with Crippen LogP contribution in [-0.4, -0.2) is 50.4 Å². The first-order valence-electron chi connectivity index (χ1n) is 10.4. The molecule has 32 heavy (non-hydrogen) atoms. The van der Waals surface area contributed by atoms with E-state index in [4.69, 9.17) is 4.74 Å². The molecule has 170 valence electrons. The zero-order valence-electron chi connectivity index (χ0n) is 18.4. The number of aromatic nitrogens is 1. The average molecular weight is 474 g/mol. The molecule has 0 aliphatic rings. The summed E-state index contributed by atoms with van der Waals surface area (Å²) < 4.78 is 31.7. The van der Waals surface area contributed by atoms with E-state index in [-0.39, 0.29) is 10.8 Å². The summed E-state index contributed by atoms with van der Waals surface area (Å²) >= 11 is 1.55. The summed E-state index contributed by atoms with van der Waals surface area (Å²) in [5.41, 5.74) is 2.32. The van der Waals surface area contributed by atoms with Gasteiger partial charge in [0.1, 0.15) is 5.75 Å². The Kier molecular flexibility index (Phi) is 8.00. The number of methoxy groups -OCH3 is 1. The predicted molar refractivity (Wildman–Crippen MR) is 127 cm³/mol. The Labute approximate surface area is 193 Å². The molecule has 3 aromatic rings. The summed E-state index contributed by atoms with van der Waals surface area (Å²) in [6.45, 7) is 4.83. The van der Waals surface area contributed by atoms with Gasteiger partial charge in [-0.2, -0.15) is 4.31 Å². The highest BCUT2D eigenvalue weighted by Crippen LogP contribution is 2.24. The molecule has 0 radical (unpaired) electrons. The van der Waals surface area contributed by atoms with Crippen LogP contribution in [0, 0.1) is 0 Å². The number of nitrogens with zero attached hydrogens (tertiary/aromatic N) is 2. The number of hydrogen-bond acceptors (Lipinski definition) is 6. The number of nitrogens with one attached hydrogen (secondary N) is 1. The van der Waals surface area contributed by atoms with Crippen molar-refractivity contribution < 1.29 is 17.9 Å². The van der Waals surface area contributed by atoms with Gasteiger partial charge in [0.15, 0.2) is 0 Å². The second-order valence-electron chi connectivity index (χ2n) is 6.97. The quantitative estimate of drug-likeness (QED) is 0.484. The summed E-state index contributed by atoms with van der Waals surface area (Å²) in [6, 6.07) is 13.7. The minimum absolute atomic E-state index is 0.187. The maximum atomic E-state index is 12.6. The number of thiazole rings is 1. The standard InChI is InChI=1S/C23H27N3O4S2/c1-4-26(5-2)32(28,29)20-12-8-18(9-13-20)23(27)24-15-14-22-25-21(16-31-22)17-6-10-19(30-3)11-7-17/h6-13,16H,4-5,14-15H2,1-3H3,(H,24,27). The number of benzene rings is 2. The Morgan fingerprint density at radius 1 is 1.06 bits per heavy atom. The van der Waals surface area contributed by atoms with Gasteiger partial charge in [0, 0.05) is 42.6 Å². The largest absolute Gasteiger partial charge is 0.497 e. The van der Waals surface area contributed by atoms with E-state index in [1.54, 1.807) is 32.3 Å². The first-order chi connectivity index (χ1) is 15.4. The molecule has 0 saturated carbocycles. The number of carbonyl (C=O) groups is 1. The molecule has 1 aromatic heterocycles. The van der Waals surface area contributed by atoms with Crippen molar-refractivity contribution in [3.8, 4) is 17.0 Å². The summed E-state index contributed by atoms with van der Waals surface area (Å²) in [7, 11) is -1.90. The van der Waals surface area contributed by atoms with Gasteiger partial charge in [-0.1, -0.05) is 13.8 Å². The molecule has 1 amide bonds. The molecule has 0 fully saturated rings. The van der Waals surface area contributed by atoms with Crippen LogP contribution in [0.2, 0.25) is 0 Å². The van der Waals surface area contributed by atoms with Crippen molar-refractivity contribution in [2.45, 2.75) is 25.2 Å². The van der Waals surface area contributed by atoms with Gasteiger partial charge in [0.25, 0.3) is 5.91 Å². The summed E-state index contributed by atoms with van der Waals surface area (Å²) in [4.78, 5) is 17.2. The fourth-order valence-corrected chi connectivity index (χ4v) is 5.46. The SMILES string of the molecule is CCN(CC)S(=O)(=O)c1ccc(C(=O)NCCc2nc(-c3ccc(OC)cc3)cs2)cc1. The maximum absolute atomic E-state index is 12.6. The number of sulfonamides is 1. The van der Waals surface area contributed by atoms with Crippen molar-refractivity contribution in [3.63, 3.8) is 0 Å². The third kappa shape index (κ3) is 5.53. The van der Waals surface area contributed by atoms with Gasteiger partial charge in [-0.3, -0.25) is 4.79 Å². The van der Waals surface area contributed by atoms with Crippen LogP contribution >= 0.6 is 11.3 Å². The average Bonchev–Trinajstić information content (AvgIpc) is 3.28. The Balaban J connectivity index is 1.55. The van der Waals surface area contributed by atoms with Gasteiger partial charge >= 0.3 is 0 Å². The van der Waals surface area contributed by atoms with E-state index in [0.717, 1.165) is 22.0 Å². The van der Waals surface area contributed by atoms with Crippen molar-refractivity contribution in [2.24, 2.45) is 0 Å². The first-order valence-corrected chi connectivity index (χ1v) is 12.7. The molecule has 0 aliphatic heterocycles. The molecular formula is C23H27N3O4S2. The Morgan fingerprint density at radius 3 is 2.31 bits per heavy atom. The van der Waals surface area contributed by atoms with Gasteiger partial charge < -0.3 is 10.1 Å². The van der Waals surface area contributed by atoms with Crippen molar-refractivity contribution in [1.29, 1.82) is 0 Å². The van der Waals surface area contributed by atoms with Crippen LogP contribution in [0.4, 0.5) is 0 Å². The molecule has 0 bridgehead atoms. The first kappa shape index (κ1) is 23.9. The highest BCUT2D eigenvalue weighted by Gasteiger charge is 2.21. The van der Waals surface area contributed by atoms with Crippen LogP contribution in [0.15, 0.2) is 58.8 Å². The lowest BCUT2D eigenvalue weighted by atomic mass is 10.2. The highest BCUT2D eigenvalue weighted by molar-refractivity contribution is 7.89. The second-order valence-corrected chi connectivity index (χ2v) is 9.86. The van der Waals surface area contributed by atoms with Gasteiger partial charge in [0.2, 0.25) is 10.0 Å². The van der Waals surface area contributed by atoms with E-state index in [2.05, 4.69) is 10.3 Å². The van der Waals surface area contributed by atoms with Crippen molar-refractivity contribution in [2.75, 3.05) is 26.7 Å². The molecule has 0 atom stereocenters. The van der Waals surface area contributed by atoms with E-state index in [1.807, 2.05) is 29.6 Å². The van der Waals surface area contributed by atoms with E-state index < -0.39 is 10.0 Å². The third-order valence-corrected chi connectivity index (χ3v) is 7.99. The van der Waals surface area contributed by atoms with Crippen LogP contribution in [0.5, 0.6) is 5.75 Å². The lowest BCUT2D eigenvalue weighted by Crippen LogP contribution is -2.30. The summed E-state index contributed by atoms with van der Waals surface area (Å²) in [6.07, 6.45) is 0.612. The second kappa shape index (κ2) is 10.7. The van der Waals surface area contributed by atoms with Crippen LogP contribution in [-0.2, 0) is 16.4 Å². The van der Waals surface area contributed by atoms with Gasteiger partial charge in [-0.15, -0.1) is 11.3 Å². The highest BCUT2D eigenvalue weighted by atomic mass is 32.2. The fraction of sp³-hybridized carbons (Fsp3) is 0.304. The van der Waals surface area contributed by atoms with Crippen LogP contribution in [0.25, 0.3) is 11.3 Å². The van der Waals surface area contributed by atoms with Crippen molar-refractivity contribution in [3.05, 3.63) is 64.5 Å². The van der Waals surface area contributed by atoms with E-state index in [9.17, 15) is 13.2 Å². The Bertz CT molecular complexity index is 1140. The zero-order valence-corrected chi connectivity index (χ0v) is 20.0. The molecule has 3 rings (SSSR count). The van der Waals surface area contributed by atoms with Gasteiger partial charge in [-0.05, 0) is 48.5 Å². The van der Waals surface area contributed by atoms with Gasteiger partial charge in [-0.25, -0.2) is 13.4 Å². The normalized spacial score (nSPS) is 11.5. The number of ether oxygens (including phenoxy) is 1. The molecule has 0 unspecified atom stereocenters. The summed E-state index contributed by atoms with van der Waals surface area (Å²) in [5, 5.41) is 5.79. The molecule has 0 spiro atoms. The predicted octanol–water partition coefficient (Wildman–Crippen LogP) is 3.82. The van der Waals surface area contributed by atoms with Crippen molar-refractivity contribution >= 4 is 27.3 Å². The molecular weight excluding hydrogens is 446 g/mol. The van der Waals surface area contributed by atoms with Crippen LogP contribution in [0.3, 0.4) is 0 Å². The number of hydrogen-bond donors (Lipinski definition) is 1. The zero-order chi connectivity index (χ0) is 23.1. The Hall–Kier alpha value is -2.75. The molecule has 9 heteroatoms. The van der Waals surface area contributed by atoms with E-state index >= 15 is 0 Å². The van der Waals surface area contributed by atoms with Crippen LogP contribution < -0.4 is 10.1 Å². The molecule has 7 nitrogen and oxygen atoms in total.